The number of hydrogen-bond acceptors (Lipinski definition) is 3. The minimum absolute atomic E-state index is 0.156. The van der Waals surface area contributed by atoms with Crippen LogP contribution in [0, 0.1) is 0 Å². The quantitative estimate of drug-likeness (QED) is 0.639. The summed E-state index contributed by atoms with van der Waals surface area (Å²) >= 11 is 0. The first-order valence-corrected chi connectivity index (χ1v) is 5.94. The summed E-state index contributed by atoms with van der Waals surface area (Å²) in [6.45, 7) is 1.47. The van der Waals surface area contributed by atoms with E-state index in [0.29, 0.717) is 17.7 Å². The lowest BCUT2D eigenvalue weighted by atomic mass is 10.1. The number of nitrogens with one attached hydrogen (secondary N) is 3. The summed E-state index contributed by atoms with van der Waals surface area (Å²) in [5.41, 5.74) is 0.987. The fourth-order valence-corrected chi connectivity index (χ4v) is 1.52. The number of hydrogen-bond donors (Lipinski definition) is 3. The second kappa shape index (κ2) is 7.45. The molecule has 18 heavy (non-hydrogen) atoms. The van der Waals surface area contributed by atoms with E-state index >= 15 is 0 Å². The predicted molar refractivity (Wildman–Crippen MR) is 70.7 cm³/mol. The average molecular weight is 249 g/mol. The van der Waals surface area contributed by atoms with Crippen LogP contribution < -0.4 is 16.0 Å². The number of carbonyl (C=O) groups is 2. The molecule has 5 heteroatoms. The zero-order valence-electron chi connectivity index (χ0n) is 10.7. The molecule has 98 valence electrons. The van der Waals surface area contributed by atoms with Gasteiger partial charge in [0.15, 0.2) is 0 Å². The number of rotatable bonds is 6. The summed E-state index contributed by atoms with van der Waals surface area (Å²) in [7, 11) is 3.43. The predicted octanol–water partition coefficient (Wildman–Crippen LogP) is 0.385. The lowest BCUT2D eigenvalue weighted by molar-refractivity contribution is 0.0953. The van der Waals surface area contributed by atoms with Gasteiger partial charge in [-0.15, -0.1) is 0 Å². The van der Waals surface area contributed by atoms with Crippen LogP contribution in [0.1, 0.15) is 27.1 Å². The van der Waals surface area contributed by atoms with Crippen molar-refractivity contribution in [3.05, 3.63) is 35.4 Å². The lowest BCUT2D eigenvalue weighted by Gasteiger charge is -2.06. The molecule has 0 spiro atoms. The monoisotopic (exact) mass is 249 g/mol. The van der Waals surface area contributed by atoms with Crippen LogP contribution >= 0.6 is 0 Å². The summed E-state index contributed by atoms with van der Waals surface area (Å²) in [5, 5.41) is 8.34. The molecule has 0 aliphatic carbocycles. The third-order valence-electron chi connectivity index (χ3n) is 2.50. The van der Waals surface area contributed by atoms with Crippen LogP contribution in [-0.2, 0) is 0 Å². The molecule has 0 bridgehead atoms. The molecule has 1 aromatic rings. The smallest absolute Gasteiger partial charge is 0.251 e. The topological polar surface area (TPSA) is 70.2 Å². The summed E-state index contributed by atoms with van der Waals surface area (Å²) in [5.74, 6) is -0.350. The van der Waals surface area contributed by atoms with E-state index in [1.807, 2.05) is 7.05 Å². The van der Waals surface area contributed by atoms with Gasteiger partial charge in [-0.05, 0) is 38.2 Å². The number of amides is 2. The van der Waals surface area contributed by atoms with Gasteiger partial charge in [-0.25, -0.2) is 0 Å². The first-order valence-electron chi connectivity index (χ1n) is 5.94. The van der Waals surface area contributed by atoms with Crippen LogP contribution in [0.4, 0.5) is 0 Å². The Balaban J connectivity index is 2.60. The minimum atomic E-state index is -0.195. The molecule has 0 saturated heterocycles. The van der Waals surface area contributed by atoms with Crippen molar-refractivity contribution < 1.29 is 9.59 Å². The highest BCUT2D eigenvalue weighted by Crippen LogP contribution is 2.05. The maximum Gasteiger partial charge on any atom is 0.251 e. The highest BCUT2D eigenvalue weighted by molar-refractivity contribution is 5.99. The summed E-state index contributed by atoms with van der Waals surface area (Å²) in [6, 6.07) is 6.66. The Morgan fingerprint density at radius 3 is 2.33 bits per heavy atom. The van der Waals surface area contributed by atoms with Gasteiger partial charge in [0.25, 0.3) is 11.8 Å². The van der Waals surface area contributed by atoms with E-state index in [-0.39, 0.29) is 11.8 Å². The second-order valence-electron chi connectivity index (χ2n) is 3.87. The fourth-order valence-electron chi connectivity index (χ4n) is 1.52. The van der Waals surface area contributed by atoms with E-state index in [9.17, 15) is 9.59 Å². The van der Waals surface area contributed by atoms with E-state index in [0.717, 1.165) is 13.0 Å². The van der Waals surface area contributed by atoms with Crippen molar-refractivity contribution in [2.45, 2.75) is 6.42 Å². The van der Waals surface area contributed by atoms with E-state index in [2.05, 4.69) is 16.0 Å². The Hall–Kier alpha value is -1.88. The van der Waals surface area contributed by atoms with Crippen LogP contribution in [0.25, 0.3) is 0 Å². The maximum absolute atomic E-state index is 11.8. The van der Waals surface area contributed by atoms with Gasteiger partial charge in [-0.2, -0.15) is 0 Å². The van der Waals surface area contributed by atoms with Crippen molar-refractivity contribution >= 4 is 11.8 Å². The first-order chi connectivity index (χ1) is 8.69. The Bertz CT molecular complexity index is 418. The van der Waals surface area contributed by atoms with E-state index in [1.54, 1.807) is 31.3 Å². The molecular weight excluding hydrogens is 230 g/mol. The summed E-state index contributed by atoms with van der Waals surface area (Å²) < 4.78 is 0. The van der Waals surface area contributed by atoms with Crippen LogP contribution in [-0.4, -0.2) is 39.0 Å². The normalized spacial score (nSPS) is 9.89. The highest BCUT2D eigenvalue weighted by Gasteiger charge is 2.08. The molecule has 0 atom stereocenters. The van der Waals surface area contributed by atoms with Gasteiger partial charge in [-0.3, -0.25) is 9.59 Å². The van der Waals surface area contributed by atoms with Gasteiger partial charge >= 0.3 is 0 Å². The molecule has 1 rings (SSSR count). The van der Waals surface area contributed by atoms with Crippen molar-refractivity contribution in [2.24, 2.45) is 0 Å². The van der Waals surface area contributed by atoms with Crippen molar-refractivity contribution in [3.8, 4) is 0 Å². The number of benzene rings is 1. The molecular formula is C13H19N3O2. The van der Waals surface area contributed by atoms with E-state index in [4.69, 9.17) is 0 Å². The molecule has 0 aromatic heterocycles. The van der Waals surface area contributed by atoms with Crippen molar-refractivity contribution in [1.29, 1.82) is 0 Å². The van der Waals surface area contributed by atoms with Gasteiger partial charge in [0.2, 0.25) is 0 Å². The Morgan fingerprint density at radius 2 is 1.72 bits per heavy atom. The molecule has 2 amide bonds. The molecule has 0 saturated carbocycles. The molecule has 0 unspecified atom stereocenters. The molecule has 5 nitrogen and oxygen atoms in total. The summed E-state index contributed by atoms with van der Waals surface area (Å²) in [4.78, 5) is 23.2. The zero-order chi connectivity index (χ0) is 13.4. The van der Waals surface area contributed by atoms with Crippen LogP contribution in [0.3, 0.4) is 0 Å². The minimum Gasteiger partial charge on any atom is -0.355 e. The van der Waals surface area contributed by atoms with Crippen molar-refractivity contribution in [1.82, 2.24) is 16.0 Å². The lowest BCUT2D eigenvalue weighted by Crippen LogP contribution is -2.27. The third-order valence-corrected chi connectivity index (χ3v) is 2.50. The second-order valence-corrected chi connectivity index (χ2v) is 3.87. The molecule has 0 heterocycles. The molecule has 1 aromatic carbocycles. The average Bonchev–Trinajstić information content (AvgIpc) is 2.42. The Kier molecular flexibility index (Phi) is 5.87. The SMILES string of the molecule is CNCCCNC(=O)c1cccc(C(=O)NC)c1. The Labute approximate surface area is 107 Å². The van der Waals surface area contributed by atoms with Crippen molar-refractivity contribution in [3.63, 3.8) is 0 Å². The van der Waals surface area contributed by atoms with Gasteiger partial charge in [-0.1, -0.05) is 6.07 Å². The number of carbonyl (C=O) groups excluding carboxylic acids is 2. The first kappa shape index (κ1) is 14.2. The third kappa shape index (κ3) is 4.18. The molecule has 0 fully saturated rings. The molecule has 3 N–H and O–H groups in total. The molecule has 0 radical (unpaired) electrons. The van der Waals surface area contributed by atoms with E-state index in [1.165, 1.54) is 0 Å². The van der Waals surface area contributed by atoms with Crippen molar-refractivity contribution in [2.75, 3.05) is 27.2 Å². The molecule has 0 aliphatic rings. The van der Waals surface area contributed by atoms with Gasteiger partial charge in [0, 0.05) is 24.7 Å². The fraction of sp³-hybridized carbons (Fsp3) is 0.385. The van der Waals surface area contributed by atoms with Crippen LogP contribution in [0.2, 0.25) is 0 Å². The van der Waals surface area contributed by atoms with Gasteiger partial charge < -0.3 is 16.0 Å². The van der Waals surface area contributed by atoms with Crippen LogP contribution in [0.5, 0.6) is 0 Å². The zero-order valence-corrected chi connectivity index (χ0v) is 10.7. The summed E-state index contributed by atoms with van der Waals surface area (Å²) in [6.07, 6.45) is 0.872. The van der Waals surface area contributed by atoms with Gasteiger partial charge in [0.05, 0.1) is 0 Å². The maximum atomic E-state index is 11.8. The largest absolute Gasteiger partial charge is 0.355 e. The van der Waals surface area contributed by atoms with Crippen LogP contribution in [0.15, 0.2) is 24.3 Å². The molecule has 0 aliphatic heterocycles. The standard InChI is InChI=1S/C13H19N3O2/c1-14-7-4-8-16-13(18)11-6-3-5-10(9-11)12(17)15-2/h3,5-6,9,14H,4,7-8H2,1-2H3,(H,15,17)(H,16,18). The van der Waals surface area contributed by atoms with E-state index < -0.39 is 0 Å². The highest BCUT2D eigenvalue weighted by atomic mass is 16.2. The Morgan fingerprint density at radius 1 is 1.06 bits per heavy atom. The van der Waals surface area contributed by atoms with Gasteiger partial charge in [0.1, 0.15) is 0 Å².